The first-order chi connectivity index (χ1) is 16.7. The van der Waals surface area contributed by atoms with Gasteiger partial charge in [0.2, 0.25) is 11.7 Å². The molecule has 0 aromatic heterocycles. The summed E-state index contributed by atoms with van der Waals surface area (Å²) in [6.07, 6.45) is -1.86. The van der Waals surface area contributed by atoms with Gasteiger partial charge in [0.05, 0.1) is 12.1 Å². The SMILES string of the molecule is CC(O)C[C@H](NC(=O)OCc1ccccc1)C(=O)N[C@H](C(=O)C(=O)NCc1ccccc1)C(C)C. The summed E-state index contributed by atoms with van der Waals surface area (Å²) >= 11 is 0. The maximum Gasteiger partial charge on any atom is 0.408 e. The number of benzene rings is 2. The molecule has 0 spiro atoms. The van der Waals surface area contributed by atoms with Crippen LogP contribution in [0, 0.1) is 5.92 Å². The van der Waals surface area contributed by atoms with Gasteiger partial charge in [-0.15, -0.1) is 0 Å². The average Bonchev–Trinajstić information content (AvgIpc) is 2.84. The molecule has 0 aliphatic heterocycles. The third-order valence-corrected chi connectivity index (χ3v) is 5.16. The molecule has 4 N–H and O–H groups in total. The van der Waals surface area contributed by atoms with Gasteiger partial charge in [0.15, 0.2) is 0 Å². The fraction of sp³-hybridized carbons (Fsp3) is 0.385. The topological polar surface area (TPSA) is 134 Å². The molecule has 0 saturated carbocycles. The van der Waals surface area contributed by atoms with Crippen LogP contribution in [0.2, 0.25) is 0 Å². The van der Waals surface area contributed by atoms with E-state index >= 15 is 0 Å². The number of alkyl carbamates (subject to hydrolysis) is 1. The first kappa shape index (κ1) is 27.5. The summed E-state index contributed by atoms with van der Waals surface area (Å²) in [6.45, 7) is 5.03. The highest BCUT2D eigenvalue weighted by Crippen LogP contribution is 2.08. The van der Waals surface area contributed by atoms with Gasteiger partial charge in [-0.05, 0) is 24.0 Å². The van der Waals surface area contributed by atoms with E-state index in [1.807, 2.05) is 36.4 Å². The molecule has 0 saturated heterocycles. The maximum atomic E-state index is 12.9. The van der Waals surface area contributed by atoms with E-state index in [-0.39, 0.29) is 19.6 Å². The van der Waals surface area contributed by atoms with Crippen molar-refractivity contribution < 1.29 is 29.0 Å². The van der Waals surface area contributed by atoms with Gasteiger partial charge in [-0.1, -0.05) is 74.5 Å². The molecular weight excluding hydrogens is 450 g/mol. The van der Waals surface area contributed by atoms with Gasteiger partial charge in [-0.3, -0.25) is 14.4 Å². The van der Waals surface area contributed by atoms with Gasteiger partial charge in [-0.25, -0.2) is 4.79 Å². The third kappa shape index (κ3) is 9.58. The van der Waals surface area contributed by atoms with Crippen LogP contribution in [0.5, 0.6) is 0 Å². The van der Waals surface area contributed by atoms with Crippen LogP contribution in [0.3, 0.4) is 0 Å². The number of amides is 3. The third-order valence-electron chi connectivity index (χ3n) is 5.16. The van der Waals surface area contributed by atoms with Crippen LogP contribution < -0.4 is 16.0 Å². The Balaban J connectivity index is 1.99. The van der Waals surface area contributed by atoms with E-state index in [0.29, 0.717) is 0 Å². The first-order valence-electron chi connectivity index (χ1n) is 11.5. The predicted octanol–water partition coefficient (Wildman–Crippen LogP) is 2.08. The highest BCUT2D eigenvalue weighted by atomic mass is 16.5. The molecule has 2 rings (SSSR count). The number of aliphatic hydroxyl groups is 1. The average molecular weight is 484 g/mol. The Morgan fingerprint density at radius 1 is 0.857 bits per heavy atom. The van der Waals surface area contributed by atoms with Gasteiger partial charge < -0.3 is 25.8 Å². The number of hydrogen-bond donors (Lipinski definition) is 4. The Morgan fingerprint density at radius 2 is 1.43 bits per heavy atom. The fourth-order valence-corrected chi connectivity index (χ4v) is 3.28. The minimum atomic E-state index is -1.17. The molecule has 0 radical (unpaired) electrons. The molecule has 0 bridgehead atoms. The van der Waals surface area contributed by atoms with E-state index in [0.717, 1.165) is 11.1 Å². The van der Waals surface area contributed by atoms with Crippen LogP contribution in [-0.2, 0) is 32.3 Å². The molecule has 9 heteroatoms. The lowest BCUT2D eigenvalue weighted by Crippen LogP contribution is -2.56. The second kappa shape index (κ2) is 13.9. The molecule has 0 aliphatic rings. The zero-order valence-corrected chi connectivity index (χ0v) is 20.2. The number of carbonyl (C=O) groups excluding carboxylic acids is 4. The van der Waals surface area contributed by atoms with Crippen molar-refractivity contribution in [2.24, 2.45) is 5.92 Å². The Bertz CT molecular complexity index is 979. The summed E-state index contributed by atoms with van der Waals surface area (Å²) < 4.78 is 5.16. The molecule has 2 aromatic carbocycles. The summed E-state index contributed by atoms with van der Waals surface area (Å²) in [5.41, 5.74) is 1.60. The summed E-state index contributed by atoms with van der Waals surface area (Å²) in [4.78, 5) is 50.4. The Labute approximate surface area is 205 Å². The monoisotopic (exact) mass is 483 g/mol. The molecule has 3 atom stereocenters. The van der Waals surface area contributed by atoms with Gasteiger partial charge in [0.25, 0.3) is 5.91 Å². The number of aliphatic hydroxyl groups excluding tert-OH is 1. The molecular formula is C26H33N3O6. The molecule has 9 nitrogen and oxygen atoms in total. The minimum Gasteiger partial charge on any atom is -0.445 e. The summed E-state index contributed by atoms with van der Waals surface area (Å²) in [5.74, 6) is -2.72. The molecule has 0 aliphatic carbocycles. The number of nitrogens with one attached hydrogen (secondary N) is 3. The van der Waals surface area contributed by atoms with Gasteiger partial charge in [0.1, 0.15) is 12.6 Å². The van der Waals surface area contributed by atoms with E-state index in [2.05, 4.69) is 16.0 Å². The lowest BCUT2D eigenvalue weighted by molar-refractivity contribution is -0.141. The lowest BCUT2D eigenvalue weighted by atomic mass is 9.98. The number of hydrogen-bond acceptors (Lipinski definition) is 6. The van der Waals surface area contributed by atoms with E-state index in [9.17, 15) is 24.3 Å². The quantitative estimate of drug-likeness (QED) is 0.342. The minimum absolute atomic E-state index is 0.00435. The molecule has 1 unspecified atom stereocenters. The normalized spacial score (nSPS) is 13.3. The van der Waals surface area contributed by atoms with Crippen LogP contribution in [0.1, 0.15) is 38.3 Å². The molecule has 2 aromatic rings. The number of ether oxygens (including phenoxy) is 1. The smallest absolute Gasteiger partial charge is 0.408 e. The summed E-state index contributed by atoms with van der Waals surface area (Å²) in [6, 6.07) is 15.9. The molecule has 0 heterocycles. The van der Waals surface area contributed by atoms with Gasteiger partial charge in [-0.2, -0.15) is 0 Å². The van der Waals surface area contributed by atoms with Crippen LogP contribution >= 0.6 is 0 Å². The highest BCUT2D eigenvalue weighted by molar-refractivity contribution is 6.38. The Kier molecular flexibility index (Phi) is 10.9. The Hall–Kier alpha value is -3.72. The molecule has 35 heavy (non-hydrogen) atoms. The molecule has 3 amide bonds. The Morgan fingerprint density at radius 3 is 1.97 bits per heavy atom. The number of Topliss-reactive ketones (excluding diaryl/α,β-unsaturated/α-hetero) is 1. The highest BCUT2D eigenvalue weighted by Gasteiger charge is 2.32. The number of carbonyl (C=O) groups is 4. The van der Waals surface area contributed by atoms with Crippen LogP contribution in [-0.4, -0.2) is 47.0 Å². The molecule has 188 valence electrons. The zero-order chi connectivity index (χ0) is 25.8. The van der Waals surface area contributed by atoms with Crippen LogP contribution in [0.25, 0.3) is 0 Å². The lowest BCUT2D eigenvalue weighted by Gasteiger charge is -2.25. The first-order valence-corrected chi connectivity index (χ1v) is 11.5. The van der Waals surface area contributed by atoms with Gasteiger partial charge in [0, 0.05) is 13.0 Å². The molecule has 0 fully saturated rings. The summed E-state index contributed by atoms with van der Waals surface area (Å²) in [5, 5.41) is 17.4. The van der Waals surface area contributed by atoms with E-state index in [1.54, 1.807) is 38.1 Å². The van der Waals surface area contributed by atoms with Crippen molar-refractivity contribution in [3.63, 3.8) is 0 Å². The van der Waals surface area contributed by atoms with Crippen molar-refractivity contribution in [1.82, 2.24) is 16.0 Å². The van der Waals surface area contributed by atoms with Crippen molar-refractivity contribution in [2.75, 3.05) is 0 Å². The predicted molar refractivity (Wildman–Crippen MR) is 130 cm³/mol. The standard InChI is InChI=1S/C26H33N3O6/c1-17(2)22(23(31)25(33)27-15-19-10-6-4-7-11-19)29-24(32)21(14-18(3)30)28-26(34)35-16-20-12-8-5-9-13-20/h4-13,17-18,21-22,30H,14-16H2,1-3H3,(H,27,33)(H,28,34)(H,29,32)/t18?,21-,22-/m0/s1. The van der Waals surface area contributed by atoms with Crippen molar-refractivity contribution in [1.29, 1.82) is 0 Å². The fourth-order valence-electron chi connectivity index (χ4n) is 3.28. The number of ketones is 1. The second-order valence-corrected chi connectivity index (χ2v) is 8.61. The van der Waals surface area contributed by atoms with Crippen LogP contribution in [0.4, 0.5) is 4.79 Å². The second-order valence-electron chi connectivity index (χ2n) is 8.61. The van der Waals surface area contributed by atoms with Crippen molar-refractivity contribution >= 4 is 23.7 Å². The largest absolute Gasteiger partial charge is 0.445 e. The van der Waals surface area contributed by atoms with E-state index < -0.39 is 47.8 Å². The zero-order valence-electron chi connectivity index (χ0n) is 20.2. The van der Waals surface area contributed by atoms with Crippen molar-refractivity contribution in [3.8, 4) is 0 Å². The van der Waals surface area contributed by atoms with Crippen molar-refractivity contribution in [2.45, 2.75) is 58.5 Å². The van der Waals surface area contributed by atoms with E-state index in [1.165, 1.54) is 6.92 Å². The number of rotatable bonds is 12. The van der Waals surface area contributed by atoms with Gasteiger partial charge >= 0.3 is 6.09 Å². The summed E-state index contributed by atoms with van der Waals surface area (Å²) in [7, 11) is 0. The van der Waals surface area contributed by atoms with E-state index in [4.69, 9.17) is 4.74 Å². The van der Waals surface area contributed by atoms with Crippen molar-refractivity contribution in [3.05, 3.63) is 71.8 Å². The van der Waals surface area contributed by atoms with Crippen LogP contribution in [0.15, 0.2) is 60.7 Å². The maximum absolute atomic E-state index is 12.9.